The smallest absolute Gasteiger partial charge is 0.0547 e. The Morgan fingerprint density at radius 3 is 1.47 bits per heavy atom. The molecule has 8 aromatic carbocycles. The molecule has 2 heteroatoms. The van der Waals surface area contributed by atoms with Gasteiger partial charge in [-0.1, -0.05) is 133 Å². The molecule has 1 aliphatic rings. The third-order valence-electron chi connectivity index (χ3n) is 11.0. The van der Waals surface area contributed by atoms with Crippen molar-refractivity contribution in [2.75, 3.05) is 0 Å². The van der Waals surface area contributed by atoms with Gasteiger partial charge in [-0.15, -0.1) is 0 Å². The van der Waals surface area contributed by atoms with Crippen LogP contribution in [0, 0.1) is 0 Å². The minimum Gasteiger partial charge on any atom is -0.309 e. The van der Waals surface area contributed by atoms with E-state index in [1.165, 1.54) is 93.8 Å². The molecule has 0 N–H and O–H groups in total. The highest BCUT2D eigenvalue weighted by Gasteiger charge is 2.22. The summed E-state index contributed by atoms with van der Waals surface area (Å²) in [6, 6.07) is 66.9. The molecule has 0 unspecified atom stereocenters. The van der Waals surface area contributed by atoms with Gasteiger partial charge < -0.3 is 9.13 Å². The zero-order valence-electron chi connectivity index (χ0n) is 27.9. The highest BCUT2D eigenvalue weighted by molar-refractivity contribution is 6.12. The molecule has 0 radical (unpaired) electrons. The lowest BCUT2D eigenvalue weighted by Gasteiger charge is -2.13. The second kappa shape index (κ2) is 10.9. The first-order valence-electron chi connectivity index (χ1n) is 17.7. The maximum Gasteiger partial charge on any atom is 0.0547 e. The van der Waals surface area contributed by atoms with E-state index >= 15 is 0 Å². The van der Waals surface area contributed by atoms with Crippen LogP contribution in [-0.2, 0) is 6.42 Å². The first kappa shape index (κ1) is 28.2. The lowest BCUT2D eigenvalue weighted by molar-refractivity contribution is 1.18. The fourth-order valence-electron chi connectivity index (χ4n) is 8.65. The number of hydrogen-bond acceptors (Lipinski definition) is 0. The summed E-state index contributed by atoms with van der Waals surface area (Å²) in [5.41, 5.74) is 17.7. The molecule has 238 valence electrons. The normalized spacial score (nSPS) is 12.2. The summed E-state index contributed by atoms with van der Waals surface area (Å²) in [7, 11) is 0. The van der Waals surface area contributed by atoms with E-state index in [0.29, 0.717) is 0 Å². The number of rotatable bonds is 4. The monoisotopic (exact) mass is 648 g/mol. The van der Waals surface area contributed by atoms with Gasteiger partial charge in [0.15, 0.2) is 0 Å². The van der Waals surface area contributed by atoms with Crippen LogP contribution in [0.3, 0.4) is 0 Å². The molecule has 2 aromatic heterocycles. The van der Waals surface area contributed by atoms with Crippen LogP contribution in [0.15, 0.2) is 182 Å². The number of para-hydroxylation sites is 3. The van der Waals surface area contributed by atoms with Crippen molar-refractivity contribution in [3.8, 4) is 44.8 Å². The van der Waals surface area contributed by atoms with Crippen molar-refractivity contribution in [2.45, 2.75) is 6.42 Å². The summed E-state index contributed by atoms with van der Waals surface area (Å²) in [4.78, 5) is 0. The minimum absolute atomic E-state index is 1.00. The molecule has 0 atom stereocenters. The fourth-order valence-corrected chi connectivity index (χ4v) is 8.65. The van der Waals surface area contributed by atoms with E-state index in [1.807, 2.05) is 0 Å². The molecule has 2 heterocycles. The number of hydrogen-bond donors (Lipinski definition) is 0. The standard InChI is InChI=1S/C49H32N2/c1-2-13-37(14-3-1)50-45-19-8-6-16-41(45)43-27-23-33(30-47(43)50)34-24-28-44-42-17-7-9-20-46(42)51(48(44)31-34)38-25-21-32(22-26-38)39-18-10-12-36-29-35-11-4-5-15-40(35)49(36)39/h1-28,30-31H,29H2. The molecular weight excluding hydrogens is 617 g/mol. The number of nitrogens with zero attached hydrogens (tertiary/aromatic N) is 2. The average Bonchev–Trinajstić information content (AvgIpc) is 3.85. The Morgan fingerprint density at radius 1 is 0.314 bits per heavy atom. The molecule has 0 spiro atoms. The molecule has 0 fully saturated rings. The second-order valence-corrected chi connectivity index (χ2v) is 13.7. The maximum atomic E-state index is 2.43. The van der Waals surface area contributed by atoms with Crippen molar-refractivity contribution in [3.05, 3.63) is 193 Å². The summed E-state index contributed by atoms with van der Waals surface area (Å²) in [6.07, 6.45) is 1.00. The van der Waals surface area contributed by atoms with E-state index in [2.05, 4.69) is 191 Å². The predicted octanol–water partition coefficient (Wildman–Crippen LogP) is 12.8. The van der Waals surface area contributed by atoms with Crippen LogP contribution in [0.25, 0.3) is 88.4 Å². The molecule has 0 amide bonds. The molecule has 51 heavy (non-hydrogen) atoms. The third-order valence-corrected chi connectivity index (χ3v) is 11.0. The van der Waals surface area contributed by atoms with Gasteiger partial charge in [0.2, 0.25) is 0 Å². The highest BCUT2D eigenvalue weighted by Crippen LogP contribution is 2.43. The van der Waals surface area contributed by atoms with Crippen molar-refractivity contribution < 1.29 is 0 Å². The van der Waals surface area contributed by atoms with Crippen LogP contribution >= 0.6 is 0 Å². The third kappa shape index (κ3) is 4.23. The van der Waals surface area contributed by atoms with Crippen molar-refractivity contribution >= 4 is 43.6 Å². The van der Waals surface area contributed by atoms with Gasteiger partial charge in [0, 0.05) is 32.9 Å². The van der Waals surface area contributed by atoms with E-state index < -0.39 is 0 Å². The summed E-state index contributed by atoms with van der Waals surface area (Å²) in [5.74, 6) is 0. The quantitative estimate of drug-likeness (QED) is 0.180. The van der Waals surface area contributed by atoms with Crippen LogP contribution in [0.5, 0.6) is 0 Å². The zero-order valence-corrected chi connectivity index (χ0v) is 27.9. The molecule has 0 aliphatic heterocycles. The topological polar surface area (TPSA) is 9.86 Å². The molecule has 0 saturated carbocycles. The summed E-state index contributed by atoms with van der Waals surface area (Å²) < 4.78 is 4.83. The van der Waals surface area contributed by atoms with E-state index in [1.54, 1.807) is 0 Å². The van der Waals surface area contributed by atoms with Crippen LogP contribution in [0.1, 0.15) is 11.1 Å². The van der Waals surface area contributed by atoms with Crippen molar-refractivity contribution in [3.63, 3.8) is 0 Å². The Morgan fingerprint density at radius 2 is 0.804 bits per heavy atom. The summed E-state index contributed by atoms with van der Waals surface area (Å²) >= 11 is 0. The van der Waals surface area contributed by atoms with E-state index in [4.69, 9.17) is 0 Å². The Labute approximate surface area is 296 Å². The molecule has 10 aromatic rings. The molecule has 0 bridgehead atoms. The largest absolute Gasteiger partial charge is 0.309 e. The predicted molar refractivity (Wildman–Crippen MR) is 214 cm³/mol. The van der Waals surface area contributed by atoms with Crippen LogP contribution in [0.2, 0.25) is 0 Å². The second-order valence-electron chi connectivity index (χ2n) is 13.7. The van der Waals surface area contributed by atoms with Gasteiger partial charge in [-0.25, -0.2) is 0 Å². The first-order valence-corrected chi connectivity index (χ1v) is 17.7. The summed E-state index contributed by atoms with van der Waals surface area (Å²) in [5, 5.41) is 5.06. The lowest BCUT2D eigenvalue weighted by Crippen LogP contribution is -1.95. The van der Waals surface area contributed by atoms with Gasteiger partial charge in [-0.05, 0) is 99.5 Å². The molecule has 0 saturated heterocycles. The number of fused-ring (bicyclic) bond motifs is 9. The molecule has 1 aliphatic carbocycles. The Hall–Kier alpha value is -6.64. The van der Waals surface area contributed by atoms with E-state index in [0.717, 1.165) is 12.1 Å². The van der Waals surface area contributed by atoms with Gasteiger partial charge in [0.25, 0.3) is 0 Å². The fraction of sp³-hybridized carbons (Fsp3) is 0.0204. The van der Waals surface area contributed by atoms with Crippen molar-refractivity contribution in [2.24, 2.45) is 0 Å². The van der Waals surface area contributed by atoms with Gasteiger partial charge in [0.1, 0.15) is 0 Å². The SMILES string of the molecule is c1ccc(-n2c3ccccc3c3ccc(-c4ccc5c6ccccc6n(-c6ccc(-c7cccc8c7-c7ccccc7C8)cc6)c5c4)cc32)cc1. The molecular formula is C49H32N2. The van der Waals surface area contributed by atoms with Crippen LogP contribution in [0.4, 0.5) is 0 Å². The van der Waals surface area contributed by atoms with E-state index in [9.17, 15) is 0 Å². The van der Waals surface area contributed by atoms with Crippen LogP contribution in [-0.4, -0.2) is 9.13 Å². The molecule has 11 rings (SSSR count). The first-order chi connectivity index (χ1) is 25.3. The van der Waals surface area contributed by atoms with Gasteiger partial charge in [-0.3, -0.25) is 0 Å². The number of benzene rings is 8. The van der Waals surface area contributed by atoms with Crippen LogP contribution < -0.4 is 0 Å². The Bertz CT molecular complexity index is 2980. The van der Waals surface area contributed by atoms with Crippen molar-refractivity contribution in [1.82, 2.24) is 9.13 Å². The van der Waals surface area contributed by atoms with Crippen molar-refractivity contribution in [1.29, 1.82) is 0 Å². The maximum absolute atomic E-state index is 2.43. The number of aromatic nitrogens is 2. The van der Waals surface area contributed by atoms with E-state index in [-0.39, 0.29) is 0 Å². The van der Waals surface area contributed by atoms with Gasteiger partial charge >= 0.3 is 0 Å². The lowest BCUT2D eigenvalue weighted by atomic mass is 9.94. The Kier molecular flexibility index (Phi) is 6.05. The van der Waals surface area contributed by atoms with Gasteiger partial charge in [0.05, 0.1) is 22.1 Å². The Balaban J connectivity index is 1.07. The molecule has 2 nitrogen and oxygen atoms in total. The average molecular weight is 649 g/mol. The summed E-state index contributed by atoms with van der Waals surface area (Å²) in [6.45, 7) is 0. The minimum atomic E-state index is 1.00. The van der Waals surface area contributed by atoms with Gasteiger partial charge in [-0.2, -0.15) is 0 Å². The zero-order chi connectivity index (χ0) is 33.5. The highest BCUT2D eigenvalue weighted by atomic mass is 15.0.